The number of methoxy groups -OCH3 is 1. The molecule has 94 valence electrons. The van der Waals surface area contributed by atoms with E-state index in [9.17, 15) is 0 Å². The smallest absolute Gasteiger partial charge is 0.188 e. The molecule has 0 radical (unpaired) electrons. The van der Waals surface area contributed by atoms with Crippen molar-refractivity contribution >= 4 is 49.2 Å². The van der Waals surface area contributed by atoms with Gasteiger partial charge in [0.2, 0.25) is 0 Å². The van der Waals surface area contributed by atoms with Crippen LogP contribution in [-0.2, 0) is 0 Å². The van der Waals surface area contributed by atoms with Gasteiger partial charge in [0.25, 0.3) is 0 Å². The van der Waals surface area contributed by atoms with Gasteiger partial charge in [-0.05, 0) is 22.5 Å². The zero-order valence-electron chi connectivity index (χ0n) is 9.13. The predicted octanol–water partition coefficient (Wildman–Crippen LogP) is 3.37. The Labute approximate surface area is 121 Å². The minimum absolute atomic E-state index is 0.238. The summed E-state index contributed by atoms with van der Waals surface area (Å²) in [4.78, 5) is 0. The molecular weight excluding hydrogens is 313 g/mol. The van der Waals surface area contributed by atoms with Crippen LogP contribution in [0.15, 0.2) is 34.5 Å². The maximum Gasteiger partial charge on any atom is 0.188 e. The lowest BCUT2D eigenvalue weighted by Gasteiger charge is -2.04. The van der Waals surface area contributed by atoms with Crippen molar-refractivity contribution < 1.29 is 4.74 Å². The first kappa shape index (κ1) is 13.5. The van der Waals surface area contributed by atoms with Crippen LogP contribution in [0.4, 0.5) is 0 Å². The summed E-state index contributed by atoms with van der Waals surface area (Å²) in [7, 11) is 4.15. The van der Waals surface area contributed by atoms with Crippen LogP contribution in [0.5, 0.6) is 5.75 Å². The quantitative estimate of drug-likeness (QED) is 0.494. The van der Waals surface area contributed by atoms with E-state index in [2.05, 4.69) is 14.6 Å². The van der Waals surface area contributed by atoms with E-state index < -0.39 is 0 Å². The Morgan fingerprint density at radius 3 is 2.83 bits per heavy atom. The lowest BCUT2D eigenvalue weighted by atomic mass is 10.2. The Balaban J connectivity index is 2.37. The van der Waals surface area contributed by atoms with Crippen molar-refractivity contribution in [3.05, 3.63) is 39.7 Å². The maximum atomic E-state index is 6.08. The minimum atomic E-state index is 0.238. The van der Waals surface area contributed by atoms with Crippen LogP contribution in [0.25, 0.3) is 0 Å². The molecule has 18 heavy (non-hydrogen) atoms. The van der Waals surface area contributed by atoms with E-state index in [4.69, 9.17) is 27.9 Å². The second kappa shape index (κ2) is 6.29. The highest BCUT2D eigenvalue weighted by Crippen LogP contribution is 2.20. The fraction of sp³-hybridized carbons (Fsp3) is 0.100. The SMILES string of the molecule is COc1ccccc1/C(Cl)=N/N=c1/ssnc1Cl. The van der Waals surface area contributed by atoms with Crippen LogP contribution < -0.4 is 9.41 Å². The monoisotopic (exact) mass is 319 g/mol. The number of aromatic nitrogens is 1. The molecule has 0 aliphatic carbocycles. The van der Waals surface area contributed by atoms with Crippen molar-refractivity contribution in [3.8, 4) is 5.75 Å². The van der Waals surface area contributed by atoms with Crippen LogP contribution in [0.3, 0.4) is 0 Å². The number of benzene rings is 1. The second-order valence-corrected chi connectivity index (χ2v) is 5.58. The van der Waals surface area contributed by atoms with Crippen LogP contribution in [0, 0.1) is 0 Å². The molecule has 0 spiro atoms. The molecule has 1 aromatic heterocycles. The molecule has 0 saturated heterocycles. The van der Waals surface area contributed by atoms with Crippen molar-refractivity contribution in [3.63, 3.8) is 0 Å². The van der Waals surface area contributed by atoms with Gasteiger partial charge in [-0.2, -0.15) is 4.37 Å². The van der Waals surface area contributed by atoms with Gasteiger partial charge in [0.1, 0.15) is 5.75 Å². The van der Waals surface area contributed by atoms with Gasteiger partial charge < -0.3 is 4.74 Å². The Morgan fingerprint density at radius 1 is 1.39 bits per heavy atom. The van der Waals surface area contributed by atoms with E-state index in [1.807, 2.05) is 12.1 Å². The first-order valence-corrected chi connectivity index (χ1v) is 7.60. The van der Waals surface area contributed by atoms with E-state index in [1.54, 1.807) is 19.2 Å². The third-order valence-electron chi connectivity index (χ3n) is 1.97. The van der Waals surface area contributed by atoms with E-state index in [0.29, 0.717) is 21.1 Å². The van der Waals surface area contributed by atoms with E-state index in [1.165, 1.54) is 20.9 Å². The molecule has 0 N–H and O–H groups in total. The minimum Gasteiger partial charge on any atom is -0.496 e. The number of ether oxygens (including phenoxy) is 1. The summed E-state index contributed by atoms with van der Waals surface area (Å²) in [6.07, 6.45) is 0. The second-order valence-electron chi connectivity index (χ2n) is 3.04. The molecule has 0 aliphatic heterocycles. The van der Waals surface area contributed by atoms with Crippen molar-refractivity contribution in [1.82, 2.24) is 4.37 Å². The summed E-state index contributed by atoms with van der Waals surface area (Å²) in [5.74, 6) is 0.639. The van der Waals surface area contributed by atoms with Gasteiger partial charge in [-0.1, -0.05) is 35.3 Å². The molecule has 0 bridgehead atoms. The molecule has 0 unspecified atom stereocenters. The van der Waals surface area contributed by atoms with Crippen molar-refractivity contribution in [1.29, 1.82) is 0 Å². The van der Waals surface area contributed by atoms with Crippen LogP contribution in [-0.4, -0.2) is 16.7 Å². The van der Waals surface area contributed by atoms with Gasteiger partial charge in [-0.25, -0.2) is 0 Å². The lowest BCUT2D eigenvalue weighted by molar-refractivity contribution is 0.414. The molecule has 8 heteroatoms. The Bertz CT molecular complexity index is 636. The standard InChI is InChI=1S/C10H7Cl2N3OS2/c1-16-7-5-3-2-4-6(7)8(11)13-14-10-9(12)15-18-17-10/h2-5H,1H3/b13-8-,14-10+. The molecular formula is C10H7Cl2N3OS2. The molecule has 2 aromatic rings. The fourth-order valence-electron chi connectivity index (χ4n) is 1.18. The number of rotatable bonds is 3. The number of hydrogen-bond donors (Lipinski definition) is 0. The Hall–Kier alpha value is -0.950. The highest BCUT2D eigenvalue weighted by atomic mass is 35.5. The summed E-state index contributed by atoms with van der Waals surface area (Å²) >= 11 is 11.9. The molecule has 1 aromatic carbocycles. The van der Waals surface area contributed by atoms with E-state index >= 15 is 0 Å². The molecule has 0 atom stereocenters. The maximum absolute atomic E-state index is 6.08. The number of hydrogen-bond acceptors (Lipinski definition) is 6. The van der Waals surface area contributed by atoms with Crippen molar-refractivity contribution in [2.75, 3.05) is 7.11 Å². The average molecular weight is 320 g/mol. The van der Waals surface area contributed by atoms with E-state index in [0.717, 1.165) is 0 Å². The molecule has 1 heterocycles. The third kappa shape index (κ3) is 3.08. The van der Waals surface area contributed by atoms with Gasteiger partial charge in [0, 0.05) is 10.5 Å². The molecule has 2 rings (SSSR count). The first-order chi connectivity index (χ1) is 8.72. The average Bonchev–Trinajstić information content (AvgIpc) is 2.81. The largest absolute Gasteiger partial charge is 0.496 e. The van der Waals surface area contributed by atoms with Crippen molar-refractivity contribution in [2.45, 2.75) is 0 Å². The van der Waals surface area contributed by atoms with Gasteiger partial charge >= 0.3 is 0 Å². The first-order valence-electron chi connectivity index (χ1n) is 4.74. The third-order valence-corrected chi connectivity index (χ3v) is 4.41. The van der Waals surface area contributed by atoms with Gasteiger partial charge in [0.05, 0.1) is 12.7 Å². The molecule has 0 amide bonds. The fourth-order valence-corrected chi connectivity index (χ4v) is 3.28. The predicted molar refractivity (Wildman–Crippen MR) is 75.9 cm³/mol. The topological polar surface area (TPSA) is 46.8 Å². The number of para-hydroxylation sites is 1. The number of nitrogens with zero attached hydrogens (tertiary/aromatic N) is 3. The summed E-state index contributed by atoms with van der Waals surface area (Å²) in [5.41, 5.74) is 0.676. The zero-order valence-corrected chi connectivity index (χ0v) is 12.3. The summed E-state index contributed by atoms with van der Waals surface area (Å²) < 4.78 is 9.62. The lowest BCUT2D eigenvalue weighted by Crippen LogP contribution is -1.98. The van der Waals surface area contributed by atoms with Crippen LogP contribution >= 0.6 is 44.1 Å². The summed E-state index contributed by atoms with van der Waals surface area (Å²) in [5, 5.41) is 8.45. The summed E-state index contributed by atoms with van der Waals surface area (Å²) in [6, 6.07) is 7.30. The van der Waals surface area contributed by atoms with Crippen LogP contribution in [0.1, 0.15) is 5.56 Å². The highest BCUT2D eigenvalue weighted by molar-refractivity contribution is 7.66. The van der Waals surface area contributed by atoms with Gasteiger partial charge in [0.15, 0.2) is 15.0 Å². The van der Waals surface area contributed by atoms with Gasteiger partial charge in [-0.3, -0.25) is 0 Å². The van der Waals surface area contributed by atoms with Crippen LogP contribution in [0.2, 0.25) is 5.15 Å². The Kier molecular flexibility index (Phi) is 4.71. The highest BCUT2D eigenvalue weighted by Gasteiger charge is 2.06. The van der Waals surface area contributed by atoms with Gasteiger partial charge in [-0.15, -0.1) is 10.2 Å². The Morgan fingerprint density at radius 2 is 2.17 bits per heavy atom. The number of halogens is 2. The van der Waals surface area contributed by atoms with Crippen molar-refractivity contribution in [2.24, 2.45) is 10.2 Å². The summed E-state index contributed by atoms with van der Waals surface area (Å²) in [6.45, 7) is 0. The molecule has 0 fully saturated rings. The molecule has 4 nitrogen and oxygen atoms in total. The molecule has 0 saturated carbocycles. The normalized spacial score (nSPS) is 12.8. The van der Waals surface area contributed by atoms with E-state index in [-0.39, 0.29) is 5.17 Å². The molecule has 0 aliphatic rings. The zero-order chi connectivity index (χ0) is 13.0.